The molecule has 0 saturated heterocycles. The molecule has 112 valence electrons. The van der Waals surface area contributed by atoms with E-state index in [1.807, 2.05) is 24.3 Å². The van der Waals surface area contributed by atoms with Crippen LogP contribution >= 0.6 is 11.8 Å². The summed E-state index contributed by atoms with van der Waals surface area (Å²) in [7, 11) is 0. The largest absolute Gasteiger partial charge is 0.433 e. The van der Waals surface area contributed by atoms with Crippen LogP contribution in [0.4, 0.5) is 18.9 Å². The van der Waals surface area contributed by atoms with Gasteiger partial charge in [-0.15, -0.1) is 0 Å². The van der Waals surface area contributed by atoms with Crippen molar-refractivity contribution in [2.75, 3.05) is 5.73 Å². The molecular formula is C15H15F3N2S. The predicted molar refractivity (Wildman–Crippen MR) is 78.3 cm³/mol. The Bertz CT molecular complexity index is 622. The Labute approximate surface area is 125 Å². The van der Waals surface area contributed by atoms with Crippen LogP contribution in [0.1, 0.15) is 31.0 Å². The van der Waals surface area contributed by atoms with Gasteiger partial charge in [0, 0.05) is 9.79 Å². The summed E-state index contributed by atoms with van der Waals surface area (Å²) in [4.78, 5) is 4.52. The molecule has 0 bridgehead atoms. The number of nitrogens with two attached hydrogens (primary N) is 1. The fourth-order valence-corrected chi connectivity index (χ4v) is 2.61. The second-order valence-electron chi connectivity index (χ2n) is 4.93. The number of nitrogens with zero attached hydrogens (tertiary/aromatic N) is 1. The SMILES string of the molecule is CC(C)c1ccc(Sc2cc(C(F)(F)F)ncc2N)cc1. The predicted octanol–water partition coefficient (Wildman–Crippen LogP) is 4.96. The topological polar surface area (TPSA) is 38.9 Å². The summed E-state index contributed by atoms with van der Waals surface area (Å²) in [6, 6.07) is 8.68. The van der Waals surface area contributed by atoms with E-state index in [-0.39, 0.29) is 5.69 Å². The lowest BCUT2D eigenvalue weighted by Gasteiger charge is -2.11. The van der Waals surface area contributed by atoms with Gasteiger partial charge in [0.2, 0.25) is 0 Å². The van der Waals surface area contributed by atoms with Crippen molar-refractivity contribution >= 4 is 17.4 Å². The Morgan fingerprint density at radius 2 is 1.76 bits per heavy atom. The van der Waals surface area contributed by atoms with Crippen LogP contribution in [0.5, 0.6) is 0 Å². The van der Waals surface area contributed by atoms with Gasteiger partial charge < -0.3 is 5.73 Å². The quantitative estimate of drug-likeness (QED) is 0.871. The molecule has 2 nitrogen and oxygen atoms in total. The third-order valence-electron chi connectivity index (χ3n) is 2.96. The molecule has 1 aromatic heterocycles. The highest BCUT2D eigenvalue weighted by Crippen LogP contribution is 2.36. The molecule has 6 heteroatoms. The van der Waals surface area contributed by atoms with Gasteiger partial charge in [-0.3, -0.25) is 0 Å². The average Bonchev–Trinajstić information content (AvgIpc) is 2.40. The minimum absolute atomic E-state index is 0.237. The molecule has 0 fully saturated rings. The van der Waals surface area contributed by atoms with Crippen LogP contribution in [-0.4, -0.2) is 4.98 Å². The van der Waals surface area contributed by atoms with Gasteiger partial charge in [-0.05, 0) is 29.7 Å². The van der Waals surface area contributed by atoms with Gasteiger partial charge in [0.25, 0.3) is 0 Å². The highest BCUT2D eigenvalue weighted by molar-refractivity contribution is 7.99. The molecule has 21 heavy (non-hydrogen) atoms. The van der Waals surface area contributed by atoms with E-state index in [2.05, 4.69) is 18.8 Å². The highest BCUT2D eigenvalue weighted by Gasteiger charge is 2.33. The maximum atomic E-state index is 12.7. The van der Waals surface area contributed by atoms with Crippen molar-refractivity contribution < 1.29 is 13.2 Å². The summed E-state index contributed by atoms with van der Waals surface area (Å²) < 4.78 is 38.0. The zero-order valence-corrected chi connectivity index (χ0v) is 12.4. The van der Waals surface area contributed by atoms with E-state index in [9.17, 15) is 13.2 Å². The van der Waals surface area contributed by atoms with Gasteiger partial charge in [-0.1, -0.05) is 37.7 Å². The minimum atomic E-state index is -4.47. The first-order chi connectivity index (χ1) is 9.77. The van der Waals surface area contributed by atoms with Crippen LogP contribution in [0.25, 0.3) is 0 Å². The van der Waals surface area contributed by atoms with Crippen LogP contribution in [-0.2, 0) is 6.18 Å². The fourth-order valence-electron chi connectivity index (χ4n) is 1.74. The minimum Gasteiger partial charge on any atom is -0.397 e. The van der Waals surface area contributed by atoms with Crippen molar-refractivity contribution in [2.24, 2.45) is 0 Å². The molecule has 0 aliphatic rings. The van der Waals surface area contributed by atoms with E-state index >= 15 is 0 Å². The number of hydrogen-bond acceptors (Lipinski definition) is 3. The second kappa shape index (κ2) is 5.97. The van der Waals surface area contributed by atoms with Crippen molar-refractivity contribution in [3.8, 4) is 0 Å². The van der Waals surface area contributed by atoms with Gasteiger partial charge in [0.15, 0.2) is 0 Å². The highest BCUT2D eigenvalue weighted by atomic mass is 32.2. The third kappa shape index (κ3) is 3.91. The van der Waals surface area contributed by atoms with E-state index in [1.165, 1.54) is 17.3 Å². The second-order valence-corrected chi connectivity index (χ2v) is 6.05. The lowest BCUT2D eigenvalue weighted by molar-refractivity contribution is -0.141. The smallest absolute Gasteiger partial charge is 0.397 e. The monoisotopic (exact) mass is 312 g/mol. The van der Waals surface area contributed by atoms with E-state index < -0.39 is 11.9 Å². The molecule has 2 N–H and O–H groups in total. The van der Waals surface area contributed by atoms with Crippen molar-refractivity contribution in [2.45, 2.75) is 35.7 Å². The molecule has 0 spiro atoms. The molecule has 0 saturated carbocycles. The van der Waals surface area contributed by atoms with E-state index in [4.69, 9.17) is 5.73 Å². The standard InChI is InChI=1S/C15H15F3N2S/c1-9(2)10-3-5-11(6-4-10)21-13-7-14(15(16,17)18)20-8-12(13)19/h3-9H,19H2,1-2H3. The van der Waals surface area contributed by atoms with Crippen LogP contribution in [0.2, 0.25) is 0 Å². The Morgan fingerprint density at radius 3 is 2.29 bits per heavy atom. The molecule has 0 unspecified atom stereocenters. The van der Waals surface area contributed by atoms with E-state index in [1.54, 1.807) is 0 Å². The Kier molecular flexibility index (Phi) is 4.46. The van der Waals surface area contributed by atoms with Crippen LogP contribution in [0, 0.1) is 0 Å². The molecule has 1 heterocycles. The molecule has 0 atom stereocenters. The number of pyridine rings is 1. The summed E-state index contributed by atoms with van der Waals surface area (Å²) in [6.45, 7) is 4.16. The van der Waals surface area contributed by atoms with E-state index in [0.717, 1.165) is 17.2 Å². The van der Waals surface area contributed by atoms with Crippen molar-refractivity contribution in [1.82, 2.24) is 4.98 Å². The average molecular weight is 312 g/mol. The number of hydrogen-bond donors (Lipinski definition) is 1. The first kappa shape index (κ1) is 15.7. The number of aromatic nitrogens is 1. The Morgan fingerprint density at radius 1 is 1.14 bits per heavy atom. The Balaban J connectivity index is 2.26. The summed E-state index contributed by atoms with van der Waals surface area (Å²) >= 11 is 1.20. The first-order valence-corrected chi connectivity index (χ1v) is 7.19. The summed E-state index contributed by atoms with van der Waals surface area (Å²) in [5, 5.41) is 0. The van der Waals surface area contributed by atoms with Gasteiger partial charge in [0.05, 0.1) is 11.9 Å². The zero-order chi connectivity index (χ0) is 15.6. The number of rotatable bonds is 3. The lowest BCUT2D eigenvalue weighted by Crippen LogP contribution is -2.08. The molecule has 2 aromatic rings. The number of anilines is 1. The zero-order valence-electron chi connectivity index (χ0n) is 11.6. The molecule has 2 rings (SSSR count). The van der Waals surface area contributed by atoms with Crippen molar-refractivity contribution in [3.05, 3.63) is 47.8 Å². The normalized spacial score (nSPS) is 11.9. The van der Waals surface area contributed by atoms with Crippen LogP contribution in [0.15, 0.2) is 46.3 Å². The number of halogens is 3. The van der Waals surface area contributed by atoms with Gasteiger partial charge in [-0.25, -0.2) is 4.98 Å². The molecule has 1 aromatic carbocycles. The maximum absolute atomic E-state index is 12.7. The first-order valence-electron chi connectivity index (χ1n) is 6.38. The van der Waals surface area contributed by atoms with Gasteiger partial charge >= 0.3 is 6.18 Å². The molecule has 0 aliphatic carbocycles. The molecule has 0 radical (unpaired) electrons. The summed E-state index contributed by atoms with van der Waals surface area (Å²) in [5.41, 5.74) is 6.19. The number of nitrogen functional groups attached to an aromatic ring is 1. The van der Waals surface area contributed by atoms with Crippen molar-refractivity contribution in [1.29, 1.82) is 0 Å². The Hall–Kier alpha value is -1.69. The maximum Gasteiger partial charge on any atom is 0.433 e. The van der Waals surface area contributed by atoms with Crippen LogP contribution in [0.3, 0.4) is 0 Å². The number of benzene rings is 1. The van der Waals surface area contributed by atoms with Crippen LogP contribution < -0.4 is 5.73 Å². The molecule has 0 aliphatic heterocycles. The third-order valence-corrected chi connectivity index (χ3v) is 4.04. The van der Waals surface area contributed by atoms with E-state index in [0.29, 0.717) is 10.8 Å². The number of alkyl halides is 3. The summed E-state index contributed by atoms with van der Waals surface area (Å²) in [6.07, 6.45) is -3.42. The summed E-state index contributed by atoms with van der Waals surface area (Å²) in [5.74, 6) is 0.409. The van der Waals surface area contributed by atoms with Crippen molar-refractivity contribution in [3.63, 3.8) is 0 Å². The molecule has 0 amide bonds. The van der Waals surface area contributed by atoms with Gasteiger partial charge in [0.1, 0.15) is 5.69 Å². The lowest BCUT2D eigenvalue weighted by atomic mass is 10.0. The fraction of sp³-hybridized carbons (Fsp3) is 0.267. The van der Waals surface area contributed by atoms with Gasteiger partial charge in [-0.2, -0.15) is 13.2 Å². The molecular weight excluding hydrogens is 297 g/mol.